The van der Waals surface area contributed by atoms with Crippen molar-refractivity contribution in [3.05, 3.63) is 44.0 Å². The van der Waals surface area contributed by atoms with Crippen LogP contribution in [0, 0.1) is 20.2 Å². The third kappa shape index (κ3) is 2.50. The first kappa shape index (κ1) is 11.6. The molecule has 1 aromatic rings. The van der Waals surface area contributed by atoms with E-state index in [1.165, 1.54) is 6.07 Å². The molecule has 0 saturated heterocycles. The lowest BCUT2D eigenvalue weighted by molar-refractivity contribution is -0.422. The molecule has 0 aliphatic heterocycles. The van der Waals surface area contributed by atoms with Crippen LogP contribution < -0.4 is 0 Å². The SMILES string of the molecule is O=[C]OCc1ccc([N+](=O)[O-])c([N+](=O)[O-])c1. The van der Waals surface area contributed by atoms with E-state index in [9.17, 15) is 25.0 Å². The van der Waals surface area contributed by atoms with E-state index < -0.39 is 21.2 Å². The van der Waals surface area contributed by atoms with E-state index in [-0.39, 0.29) is 12.2 Å². The summed E-state index contributed by atoms with van der Waals surface area (Å²) in [6, 6.07) is 3.24. The molecule has 0 aromatic heterocycles. The molecule has 0 aliphatic rings. The highest BCUT2D eigenvalue weighted by molar-refractivity contribution is 5.54. The second-order valence-electron chi connectivity index (χ2n) is 2.71. The van der Waals surface area contributed by atoms with E-state index >= 15 is 0 Å². The largest absolute Gasteiger partial charge is 0.452 e. The molecule has 0 saturated carbocycles. The van der Waals surface area contributed by atoms with Gasteiger partial charge in [-0.25, -0.2) is 4.79 Å². The zero-order valence-corrected chi connectivity index (χ0v) is 7.78. The number of benzene rings is 1. The molecule has 0 fully saturated rings. The fraction of sp³-hybridized carbons (Fsp3) is 0.125. The highest BCUT2D eigenvalue weighted by atomic mass is 16.6. The molecule has 0 atom stereocenters. The molecule has 0 unspecified atom stereocenters. The predicted octanol–water partition coefficient (Wildman–Crippen LogP) is 1.09. The molecule has 0 spiro atoms. The zero-order valence-electron chi connectivity index (χ0n) is 7.78. The third-order valence-electron chi connectivity index (χ3n) is 1.73. The van der Waals surface area contributed by atoms with Crippen molar-refractivity contribution < 1.29 is 19.4 Å². The Hall–Kier alpha value is -2.51. The van der Waals surface area contributed by atoms with Gasteiger partial charge in [0, 0.05) is 12.1 Å². The lowest BCUT2D eigenvalue weighted by Gasteiger charge is -1.99. The smallest absolute Gasteiger partial charge is 0.417 e. The van der Waals surface area contributed by atoms with Gasteiger partial charge in [-0.2, -0.15) is 0 Å². The van der Waals surface area contributed by atoms with E-state index in [1.54, 1.807) is 0 Å². The van der Waals surface area contributed by atoms with E-state index in [1.807, 2.05) is 0 Å². The summed E-state index contributed by atoms with van der Waals surface area (Å²) in [6.45, 7) is 0.929. The third-order valence-corrected chi connectivity index (χ3v) is 1.73. The van der Waals surface area contributed by atoms with Crippen LogP contribution in [0.1, 0.15) is 5.56 Å². The van der Waals surface area contributed by atoms with Crippen molar-refractivity contribution in [2.24, 2.45) is 0 Å². The Balaban J connectivity index is 3.12. The van der Waals surface area contributed by atoms with Crippen LogP contribution in [-0.4, -0.2) is 16.3 Å². The van der Waals surface area contributed by atoms with Gasteiger partial charge in [-0.3, -0.25) is 20.2 Å². The van der Waals surface area contributed by atoms with Gasteiger partial charge < -0.3 is 4.74 Å². The standard InChI is InChI=1S/C8H5N2O6/c11-5-16-4-6-1-2-7(9(12)13)8(3-6)10(14)15/h1-3H,4H2. The average Bonchev–Trinajstić information content (AvgIpc) is 2.25. The Morgan fingerprint density at radius 3 is 2.31 bits per heavy atom. The first-order chi connectivity index (χ1) is 7.56. The maximum atomic E-state index is 10.5. The second kappa shape index (κ2) is 4.82. The summed E-state index contributed by atoms with van der Waals surface area (Å²) in [5, 5.41) is 21.0. The summed E-state index contributed by atoms with van der Waals surface area (Å²) < 4.78 is 4.26. The van der Waals surface area contributed by atoms with Crippen molar-refractivity contribution in [2.75, 3.05) is 0 Å². The molecule has 1 radical (unpaired) electrons. The normalized spacial score (nSPS) is 9.50. The van der Waals surface area contributed by atoms with Crippen molar-refractivity contribution in [3.63, 3.8) is 0 Å². The van der Waals surface area contributed by atoms with Gasteiger partial charge in [-0.1, -0.05) is 0 Å². The molecule has 1 rings (SSSR count). The van der Waals surface area contributed by atoms with Gasteiger partial charge in [0.25, 0.3) is 0 Å². The van der Waals surface area contributed by atoms with E-state index in [2.05, 4.69) is 4.74 Å². The van der Waals surface area contributed by atoms with Crippen molar-refractivity contribution in [3.8, 4) is 0 Å². The van der Waals surface area contributed by atoms with Crippen LogP contribution >= 0.6 is 0 Å². The van der Waals surface area contributed by atoms with Gasteiger partial charge in [0.05, 0.1) is 9.85 Å². The van der Waals surface area contributed by atoms with Crippen LogP contribution in [0.25, 0.3) is 0 Å². The molecule has 83 valence electrons. The van der Waals surface area contributed by atoms with Crippen molar-refractivity contribution >= 4 is 17.8 Å². The maximum absolute atomic E-state index is 10.5. The van der Waals surface area contributed by atoms with E-state index in [0.717, 1.165) is 18.6 Å². The molecular formula is C8H5N2O6. The van der Waals surface area contributed by atoms with Gasteiger partial charge in [-0.05, 0) is 11.6 Å². The minimum atomic E-state index is -0.869. The number of hydrogen-bond donors (Lipinski definition) is 0. The Labute approximate surface area is 88.7 Å². The molecule has 1 aromatic carbocycles. The Kier molecular flexibility index (Phi) is 3.49. The summed E-state index contributed by atoms with van der Waals surface area (Å²) in [7, 11) is 0. The average molecular weight is 225 g/mol. The van der Waals surface area contributed by atoms with Crippen molar-refractivity contribution in [1.82, 2.24) is 0 Å². The number of nitro groups is 2. The fourth-order valence-electron chi connectivity index (χ4n) is 1.07. The minimum absolute atomic E-state index is 0.220. The molecule has 8 nitrogen and oxygen atoms in total. The number of rotatable bonds is 5. The number of ether oxygens (including phenoxy) is 1. The molecule has 0 amide bonds. The highest BCUT2D eigenvalue weighted by Gasteiger charge is 2.23. The van der Waals surface area contributed by atoms with Crippen LogP contribution in [0.5, 0.6) is 0 Å². The molecule has 0 bridgehead atoms. The first-order valence-corrected chi connectivity index (χ1v) is 3.97. The topological polar surface area (TPSA) is 113 Å². The molecule has 0 heterocycles. The van der Waals surface area contributed by atoms with Gasteiger partial charge in [0.15, 0.2) is 0 Å². The molecule has 0 aliphatic carbocycles. The van der Waals surface area contributed by atoms with Gasteiger partial charge in [-0.15, -0.1) is 0 Å². The fourth-order valence-corrected chi connectivity index (χ4v) is 1.07. The first-order valence-electron chi connectivity index (χ1n) is 3.97. The monoisotopic (exact) mass is 225 g/mol. The van der Waals surface area contributed by atoms with Crippen molar-refractivity contribution in [1.29, 1.82) is 0 Å². The van der Waals surface area contributed by atoms with Gasteiger partial charge in [0.2, 0.25) is 0 Å². The lowest BCUT2D eigenvalue weighted by Crippen LogP contribution is -1.98. The summed E-state index contributed by atoms with van der Waals surface area (Å²) in [6.07, 6.45) is 0. The minimum Gasteiger partial charge on any atom is -0.452 e. The van der Waals surface area contributed by atoms with Crippen LogP contribution in [0.4, 0.5) is 11.4 Å². The number of nitro benzene ring substituents is 2. The summed E-state index contributed by atoms with van der Waals surface area (Å²) >= 11 is 0. The summed E-state index contributed by atoms with van der Waals surface area (Å²) in [5.41, 5.74) is -0.971. The second-order valence-corrected chi connectivity index (χ2v) is 2.71. The van der Waals surface area contributed by atoms with Gasteiger partial charge >= 0.3 is 17.8 Å². The quantitative estimate of drug-likeness (QED) is 0.547. The summed E-state index contributed by atoms with van der Waals surface area (Å²) in [4.78, 5) is 29.1. The predicted molar refractivity (Wildman–Crippen MR) is 50.2 cm³/mol. The van der Waals surface area contributed by atoms with Crippen LogP contribution in [0.2, 0.25) is 0 Å². The van der Waals surface area contributed by atoms with Crippen LogP contribution in [0.15, 0.2) is 18.2 Å². The van der Waals surface area contributed by atoms with E-state index in [4.69, 9.17) is 0 Å². The molecular weight excluding hydrogens is 220 g/mol. The zero-order chi connectivity index (χ0) is 12.1. The van der Waals surface area contributed by atoms with Crippen LogP contribution in [0.3, 0.4) is 0 Å². The highest BCUT2D eigenvalue weighted by Crippen LogP contribution is 2.27. The number of nitrogens with zero attached hydrogens (tertiary/aromatic N) is 2. The van der Waals surface area contributed by atoms with Gasteiger partial charge in [0.1, 0.15) is 6.61 Å². The lowest BCUT2D eigenvalue weighted by atomic mass is 10.2. The van der Waals surface area contributed by atoms with Crippen LogP contribution in [-0.2, 0) is 16.1 Å². The number of carbonyl (C=O) groups excluding carboxylic acids is 1. The molecule has 16 heavy (non-hydrogen) atoms. The Bertz CT molecular complexity index is 444. The van der Waals surface area contributed by atoms with E-state index in [0.29, 0.717) is 0 Å². The maximum Gasteiger partial charge on any atom is 0.417 e. The molecule has 0 N–H and O–H groups in total. The number of hydrogen-bond acceptors (Lipinski definition) is 6. The Morgan fingerprint density at radius 1 is 1.19 bits per heavy atom. The molecule has 8 heteroatoms. The van der Waals surface area contributed by atoms with Crippen molar-refractivity contribution in [2.45, 2.75) is 6.61 Å². The Morgan fingerprint density at radius 2 is 1.81 bits per heavy atom. The summed E-state index contributed by atoms with van der Waals surface area (Å²) in [5.74, 6) is 0.